The lowest BCUT2D eigenvalue weighted by Crippen LogP contribution is -2.14. The van der Waals surface area contributed by atoms with Gasteiger partial charge in [0.2, 0.25) is 0 Å². The van der Waals surface area contributed by atoms with Gasteiger partial charge in [-0.05, 0) is 30.2 Å². The lowest BCUT2D eigenvalue weighted by atomic mass is 10.0. The molecule has 2 aromatic rings. The molecule has 1 aliphatic rings. The summed E-state index contributed by atoms with van der Waals surface area (Å²) in [7, 11) is -4.09. The number of alkyl halides is 3. The number of ether oxygens (including phenoxy) is 1. The third-order valence-electron chi connectivity index (χ3n) is 3.57. The minimum absolute atomic E-state index is 0.110. The van der Waals surface area contributed by atoms with Gasteiger partial charge in [-0.15, -0.1) is 11.3 Å². The number of benzene rings is 1. The monoisotopic (exact) mass is 378 g/mol. The normalized spacial score (nSPS) is 14.3. The lowest BCUT2D eigenvalue weighted by molar-refractivity contribution is -0.135. The summed E-state index contributed by atoms with van der Waals surface area (Å²) in [6, 6.07) is 4.97. The molecule has 0 fully saturated rings. The maximum Gasteiger partial charge on any atom is 0.429 e. The largest absolute Gasteiger partial charge is 0.493 e. The minimum atomic E-state index is -4.69. The van der Waals surface area contributed by atoms with E-state index in [0.29, 0.717) is 35.7 Å². The first-order chi connectivity index (χ1) is 11.2. The van der Waals surface area contributed by atoms with E-state index in [2.05, 4.69) is 0 Å². The van der Waals surface area contributed by atoms with Crippen LogP contribution in [0.1, 0.15) is 17.4 Å². The first-order valence-electron chi connectivity index (χ1n) is 7.08. The Hall–Kier alpha value is -1.74. The van der Waals surface area contributed by atoms with Crippen molar-refractivity contribution < 1.29 is 30.5 Å². The first kappa shape index (κ1) is 17.1. The number of hydrogen-bond acceptors (Lipinski definition) is 5. The highest BCUT2D eigenvalue weighted by Crippen LogP contribution is 2.48. The smallest absolute Gasteiger partial charge is 0.429 e. The van der Waals surface area contributed by atoms with E-state index in [0.717, 1.165) is 5.56 Å². The van der Waals surface area contributed by atoms with E-state index < -0.39 is 32.7 Å². The summed E-state index contributed by atoms with van der Waals surface area (Å²) in [4.78, 5) is -1.06. The summed E-state index contributed by atoms with van der Waals surface area (Å²) in [6.45, 7) is 1.82. The van der Waals surface area contributed by atoms with Crippen LogP contribution in [0.4, 0.5) is 13.2 Å². The van der Waals surface area contributed by atoms with E-state index in [1.807, 2.05) is 0 Å². The van der Waals surface area contributed by atoms with Crippen molar-refractivity contribution in [3.8, 4) is 22.6 Å². The van der Waals surface area contributed by atoms with E-state index in [1.54, 1.807) is 18.2 Å². The summed E-state index contributed by atoms with van der Waals surface area (Å²) >= 11 is 0.417. The molecule has 0 saturated heterocycles. The van der Waals surface area contributed by atoms with Gasteiger partial charge in [-0.3, -0.25) is 0 Å². The number of hydrogen-bond donors (Lipinski definition) is 0. The Labute approximate surface area is 141 Å². The van der Waals surface area contributed by atoms with Gasteiger partial charge in [-0.2, -0.15) is 21.6 Å². The molecule has 1 aliphatic heterocycles. The second-order valence-electron chi connectivity index (χ2n) is 5.16. The molecule has 0 amide bonds. The van der Waals surface area contributed by atoms with Crippen molar-refractivity contribution in [3.63, 3.8) is 0 Å². The Bertz CT molecular complexity index is 869. The molecule has 1 aromatic heterocycles. The minimum Gasteiger partial charge on any atom is -0.493 e. The molecule has 0 bridgehead atoms. The zero-order valence-electron chi connectivity index (χ0n) is 12.5. The molecule has 24 heavy (non-hydrogen) atoms. The van der Waals surface area contributed by atoms with Crippen LogP contribution in [0.3, 0.4) is 0 Å². The highest BCUT2D eigenvalue weighted by Gasteiger charge is 2.39. The molecule has 4 nitrogen and oxygen atoms in total. The fourth-order valence-corrected chi connectivity index (χ4v) is 3.83. The van der Waals surface area contributed by atoms with Crippen molar-refractivity contribution >= 4 is 21.5 Å². The standard InChI is InChI=1S/C15H13F3O4S2/c1-2-24(19,20)22-13-11(8-23-14(13)15(16,17)18)9-3-4-12-10(7-9)5-6-21-12/h3-4,7-8H,2,5-6H2,1H3. The Balaban J connectivity index is 2.12. The fraction of sp³-hybridized carbons (Fsp3) is 0.333. The zero-order valence-corrected chi connectivity index (χ0v) is 14.1. The molecule has 0 saturated carbocycles. The van der Waals surface area contributed by atoms with Gasteiger partial charge >= 0.3 is 16.3 Å². The van der Waals surface area contributed by atoms with E-state index in [-0.39, 0.29) is 5.56 Å². The fourth-order valence-electron chi connectivity index (χ4n) is 2.36. The third-order valence-corrected chi connectivity index (χ3v) is 5.70. The Morgan fingerprint density at radius 1 is 1.33 bits per heavy atom. The van der Waals surface area contributed by atoms with Crippen LogP contribution in [0.15, 0.2) is 23.6 Å². The molecule has 1 aromatic carbocycles. The third kappa shape index (κ3) is 3.23. The Morgan fingerprint density at radius 3 is 2.75 bits per heavy atom. The van der Waals surface area contributed by atoms with Crippen molar-refractivity contribution in [2.24, 2.45) is 0 Å². The zero-order chi connectivity index (χ0) is 17.5. The van der Waals surface area contributed by atoms with Gasteiger partial charge in [-0.25, -0.2) is 0 Å². The number of thiophene rings is 1. The predicted molar refractivity (Wildman–Crippen MR) is 84.0 cm³/mol. The van der Waals surface area contributed by atoms with Crippen LogP contribution in [0, 0.1) is 0 Å². The number of rotatable bonds is 4. The van der Waals surface area contributed by atoms with Crippen LogP contribution in [-0.4, -0.2) is 20.8 Å². The molecule has 3 rings (SSSR count). The van der Waals surface area contributed by atoms with Gasteiger partial charge in [0.25, 0.3) is 0 Å². The van der Waals surface area contributed by atoms with Gasteiger partial charge in [0.05, 0.1) is 12.4 Å². The molecule has 0 radical (unpaired) electrons. The summed E-state index contributed by atoms with van der Waals surface area (Å²) in [5.74, 6) is -0.390. The predicted octanol–water partition coefficient (Wildman–Crippen LogP) is 4.10. The highest BCUT2D eigenvalue weighted by atomic mass is 32.2. The molecular weight excluding hydrogens is 365 g/mol. The van der Waals surface area contributed by atoms with Crippen LogP contribution in [0.2, 0.25) is 0 Å². The number of fused-ring (bicyclic) bond motifs is 1. The molecule has 9 heteroatoms. The molecule has 0 atom stereocenters. The maximum absolute atomic E-state index is 13.2. The SMILES string of the molecule is CCS(=O)(=O)Oc1c(-c2ccc3c(c2)CCO3)csc1C(F)(F)F. The van der Waals surface area contributed by atoms with Crippen molar-refractivity contribution in [1.82, 2.24) is 0 Å². The topological polar surface area (TPSA) is 52.6 Å². The molecule has 0 aliphatic carbocycles. The van der Waals surface area contributed by atoms with Crippen LogP contribution < -0.4 is 8.92 Å². The summed E-state index contributed by atoms with van der Waals surface area (Å²) < 4.78 is 73.2. The average Bonchev–Trinajstić information content (AvgIpc) is 3.11. The van der Waals surface area contributed by atoms with Gasteiger partial charge in [0, 0.05) is 17.4 Å². The molecule has 2 heterocycles. The van der Waals surface area contributed by atoms with Gasteiger partial charge in [0.1, 0.15) is 5.75 Å². The van der Waals surface area contributed by atoms with Crippen molar-refractivity contribution in [2.75, 3.05) is 12.4 Å². The quantitative estimate of drug-likeness (QED) is 0.752. The maximum atomic E-state index is 13.2. The molecular formula is C15H13F3O4S2. The highest BCUT2D eigenvalue weighted by molar-refractivity contribution is 7.87. The van der Waals surface area contributed by atoms with E-state index in [1.165, 1.54) is 12.3 Å². The van der Waals surface area contributed by atoms with Gasteiger partial charge < -0.3 is 8.92 Å². The van der Waals surface area contributed by atoms with Gasteiger partial charge in [-0.1, -0.05) is 6.07 Å². The van der Waals surface area contributed by atoms with Crippen LogP contribution in [0.25, 0.3) is 11.1 Å². The second kappa shape index (κ2) is 5.96. The van der Waals surface area contributed by atoms with Crippen LogP contribution in [0.5, 0.6) is 11.5 Å². The summed E-state index contributed by atoms with van der Waals surface area (Å²) in [5, 5.41) is 1.26. The van der Waals surface area contributed by atoms with E-state index >= 15 is 0 Å². The molecule has 0 spiro atoms. The van der Waals surface area contributed by atoms with E-state index in [9.17, 15) is 21.6 Å². The molecule has 130 valence electrons. The molecule has 0 N–H and O–H groups in total. The molecule has 0 unspecified atom stereocenters. The van der Waals surface area contributed by atoms with Crippen molar-refractivity contribution in [2.45, 2.75) is 19.5 Å². The second-order valence-corrected chi connectivity index (χ2v) is 7.90. The first-order valence-corrected chi connectivity index (χ1v) is 9.54. The van der Waals surface area contributed by atoms with Crippen molar-refractivity contribution in [3.05, 3.63) is 34.0 Å². The van der Waals surface area contributed by atoms with Crippen molar-refractivity contribution in [1.29, 1.82) is 0 Å². The Kier molecular flexibility index (Phi) is 4.25. The Morgan fingerprint density at radius 2 is 2.08 bits per heavy atom. The average molecular weight is 378 g/mol. The summed E-state index contributed by atoms with van der Waals surface area (Å²) in [6.07, 6.45) is -4.04. The van der Waals surface area contributed by atoms with Gasteiger partial charge in [0.15, 0.2) is 10.6 Å². The van der Waals surface area contributed by atoms with E-state index in [4.69, 9.17) is 8.92 Å². The number of halogens is 3. The lowest BCUT2D eigenvalue weighted by Gasteiger charge is -2.11. The van der Waals surface area contributed by atoms with Crippen LogP contribution in [-0.2, 0) is 22.7 Å². The van der Waals surface area contributed by atoms with Crippen LogP contribution >= 0.6 is 11.3 Å². The summed E-state index contributed by atoms with van der Waals surface area (Å²) in [5.41, 5.74) is 1.45.